The zero-order chi connectivity index (χ0) is 22.4. The highest BCUT2D eigenvalue weighted by Crippen LogP contribution is 2.52. The summed E-state index contributed by atoms with van der Waals surface area (Å²) in [7, 11) is 2.11. The van der Waals surface area contributed by atoms with Gasteiger partial charge in [-0.15, -0.1) is 0 Å². The maximum Gasteiger partial charge on any atom is 0.228 e. The number of primary amides is 1. The topological polar surface area (TPSA) is 66.6 Å². The number of benzene rings is 2. The van der Waals surface area contributed by atoms with E-state index in [0.29, 0.717) is 6.42 Å². The first kappa shape index (κ1) is 20.6. The Hall–Kier alpha value is -3.34. The largest absolute Gasteiger partial charge is 0.369 e. The molecule has 2 N–H and O–H groups in total. The molecular formula is C27H29N3O2. The van der Waals surface area contributed by atoms with Gasteiger partial charge in [0, 0.05) is 18.5 Å². The second kappa shape index (κ2) is 7.97. The molecule has 1 saturated carbocycles. The van der Waals surface area contributed by atoms with Crippen molar-refractivity contribution < 1.29 is 9.59 Å². The smallest absolute Gasteiger partial charge is 0.228 e. The number of nitrogens with zero attached hydrogens (tertiary/aromatic N) is 2. The fraction of sp³-hybridized carbons (Fsp3) is 0.333. The average molecular weight is 428 g/mol. The van der Waals surface area contributed by atoms with Gasteiger partial charge in [-0.25, -0.2) is 0 Å². The number of hydrogen-bond acceptors (Lipinski definition) is 4. The van der Waals surface area contributed by atoms with Crippen molar-refractivity contribution in [1.82, 2.24) is 10.0 Å². The minimum absolute atomic E-state index is 0.00326. The summed E-state index contributed by atoms with van der Waals surface area (Å²) < 4.78 is 0. The summed E-state index contributed by atoms with van der Waals surface area (Å²) in [5.74, 6) is -1.25. The van der Waals surface area contributed by atoms with Crippen LogP contribution in [0.1, 0.15) is 37.3 Å². The van der Waals surface area contributed by atoms with Gasteiger partial charge in [-0.05, 0) is 41.9 Å². The standard InChI is InChI=1S/C27H29N3O2/c1-17-20-13-14-21-24(19-11-7-4-8-12-19)29(2)30(16-18-9-5-3-6-10-18)25(21)22(20)15-23(26(17)31)27(28)32/h3-12,17,20,23H,13-16H2,1-2H3,(H2,28,32). The second-order valence-corrected chi connectivity index (χ2v) is 9.13. The van der Waals surface area contributed by atoms with Gasteiger partial charge in [0.15, 0.2) is 0 Å². The number of allylic oxidation sites excluding steroid dienone is 2. The van der Waals surface area contributed by atoms with Crippen LogP contribution in [0.25, 0.3) is 5.70 Å². The molecular weight excluding hydrogens is 398 g/mol. The molecule has 164 valence electrons. The van der Waals surface area contributed by atoms with Crippen molar-refractivity contribution in [1.29, 1.82) is 0 Å². The molecule has 0 aromatic heterocycles. The van der Waals surface area contributed by atoms with Crippen LogP contribution >= 0.6 is 0 Å². The summed E-state index contributed by atoms with van der Waals surface area (Å²) in [5, 5.41) is 4.58. The third-order valence-corrected chi connectivity index (χ3v) is 7.36. The summed E-state index contributed by atoms with van der Waals surface area (Å²) in [5.41, 5.74) is 13.0. The quantitative estimate of drug-likeness (QED) is 0.745. The van der Waals surface area contributed by atoms with E-state index >= 15 is 0 Å². The van der Waals surface area contributed by atoms with Crippen molar-refractivity contribution in [3.63, 3.8) is 0 Å². The van der Waals surface area contributed by atoms with E-state index in [2.05, 4.69) is 65.6 Å². The van der Waals surface area contributed by atoms with Crippen LogP contribution in [0.2, 0.25) is 0 Å². The lowest BCUT2D eigenvalue weighted by atomic mass is 9.65. The lowest BCUT2D eigenvalue weighted by molar-refractivity contribution is -0.136. The number of Topliss-reactive ketones (excluding diaryl/α,β-unsaturated/α-hetero) is 1. The Balaban J connectivity index is 1.68. The summed E-state index contributed by atoms with van der Waals surface area (Å²) >= 11 is 0. The molecule has 5 nitrogen and oxygen atoms in total. The highest BCUT2D eigenvalue weighted by molar-refractivity contribution is 6.03. The molecule has 3 atom stereocenters. The average Bonchev–Trinajstić information content (AvgIpc) is 3.08. The van der Waals surface area contributed by atoms with Gasteiger partial charge in [-0.3, -0.25) is 19.6 Å². The van der Waals surface area contributed by atoms with Gasteiger partial charge >= 0.3 is 0 Å². The molecule has 5 heteroatoms. The van der Waals surface area contributed by atoms with Crippen molar-refractivity contribution >= 4 is 17.4 Å². The first-order valence-electron chi connectivity index (χ1n) is 11.4. The summed E-state index contributed by atoms with van der Waals surface area (Å²) in [6.45, 7) is 2.70. The second-order valence-electron chi connectivity index (χ2n) is 9.13. The van der Waals surface area contributed by atoms with Crippen molar-refractivity contribution in [2.24, 2.45) is 23.5 Å². The third kappa shape index (κ3) is 3.24. The van der Waals surface area contributed by atoms with E-state index in [-0.39, 0.29) is 17.6 Å². The van der Waals surface area contributed by atoms with E-state index < -0.39 is 11.8 Å². The fourth-order valence-corrected chi connectivity index (χ4v) is 5.76. The van der Waals surface area contributed by atoms with Crippen molar-refractivity contribution in [3.05, 3.63) is 88.6 Å². The Morgan fingerprint density at radius 1 is 1.03 bits per heavy atom. The molecule has 2 aromatic rings. The van der Waals surface area contributed by atoms with E-state index in [4.69, 9.17) is 5.73 Å². The predicted octanol–water partition coefficient (Wildman–Crippen LogP) is 4.13. The number of hydrogen-bond donors (Lipinski definition) is 1. The van der Waals surface area contributed by atoms with Gasteiger partial charge in [-0.1, -0.05) is 67.6 Å². The minimum Gasteiger partial charge on any atom is -0.369 e. The normalized spacial score (nSPS) is 25.2. The van der Waals surface area contributed by atoms with Crippen molar-refractivity contribution in [2.75, 3.05) is 7.05 Å². The molecule has 0 radical (unpaired) electrons. The number of hydrazine groups is 1. The fourth-order valence-electron chi connectivity index (χ4n) is 5.76. The number of rotatable bonds is 4. The molecule has 1 heterocycles. The Bertz CT molecular complexity index is 1120. The van der Waals surface area contributed by atoms with E-state index in [0.717, 1.165) is 19.4 Å². The summed E-state index contributed by atoms with van der Waals surface area (Å²) in [4.78, 5) is 25.0. The van der Waals surface area contributed by atoms with Crippen LogP contribution in [0.5, 0.6) is 0 Å². The van der Waals surface area contributed by atoms with E-state index in [1.807, 2.05) is 19.1 Å². The number of nitrogens with two attached hydrogens (primary N) is 1. The number of amides is 1. The molecule has 2 aromatic carbocycles. The molecule has 1 aliphatic heterocycles. The highest BCUT2D eigenvalue weighted by atomic mass is 16.2. The van der Waals surface area contributed by atoms with Gasteiger partial charge in [0.2, 0.25) is 5.91 Å². The number of fused-ring (bicyclic) bond motifs is 2. The lowest BCUT2D eigenvalue weighted by Gasteiger charge is -2.41. The zero-order valence-electron chi connectivity index (χ0n) is 18.6. The van der Waals surface area contributed by atoms with Crippen LogP contribution in [-0.4, -0.2) is 28.8 Å². The Morgan fingerprint density at radius 2 is 1.69 bits per heavy atom. The maximum atomic E-state index is 12.9. The molecule has 0 bridgehead atoms. The summed E-state index contributed by atoms with van der Waals surface area (Å²) in [6.07, 6.45) is 2.28. The Kier molecular flexibility index (Phi) is 5.12. The van der Waals surface area contributed by atoms with Crippen LogP contribution in [0.15, 0.2) is 77.5 Å². The number of carbonyl (C=O) groups excluding carboxylic acids is 2. The van der Waals surface area contributed by atoms with Gasteiger partial charge < -0.3 is 5.73 Å². The molecule has 0 saturated heterocycles. The molecule has 5 rings (SSSR count). The SMILES string of the molecule is CC1C(=O)C(C(N)=O)CC2=C3C(=C(c4ccccc4)N(C)N3Cc3ccccc3)CCC21. The van der Waals surface area contributed by atoms with Crippen LogP contribution in [0, 0.1) is 17.8 Å². The maximum absolute atomic E-state index is 12.9. The first-order valence-corrected chi connectivity index (χ1v) is 11.4. The molecule has 0 spiro atoms. The molecule has 2 aliphatic carbocycles. The minimum atomic E-state index is -0.729. The third-order valence-electron chi connectivity index (χ3n) is 7.36. The molecule has 32 heavy (non-hydrogen) atoms. The van der Waals surface area contributed by atoms with E-state index in [1.165, 1.54) is 33.7 Å². The van der Waals surface area contributed by atoms with E-state index in [9.17, 15) is 9.59 Å². The zero-order valence-corrected chi connectivity index (χ0v) is 18.6. The summed E-state index contributed by atoms with van der Waals surface area (Å²) in [6, 6.07) is 20.9. The van der Waals surface area contributed by atoms with Gasteiger partial charge in [-0.2, -0.15) is 0 Å². The number of carbonyl (C=O) groups is 2. The first-order chi connectivity index (χ1) is 15.5. The van der Waals surface area contributed by atoms with Gasteiger partial charge in [0.1, 0.15) is 11.7 Å². The Labute approximate surface area is 189 Å². The van der Waals surface area contributed by atoms with Crippen LogP contribution < -0.4 is 5.73 Å². The lowest BCUT2D eigenvalue weighted by Crippen LogP contribution is -2.44. The van der Waals surface area contributed by atoms with Crippen molar-refractivity contribution in [3.8, 4) is 0 Å². The van der Waals surface area contributed by atoms with Crippen LogP contribution in [0.3, 0.4) is 0 Å². The monoisotopic (exact) mass is 427 g/mol. The van der Waals surface area contributed by atoms with Crippen LogP contribution in [-0.2, 0) is 16.1 Å². The molecule has 1 fully saturated rings. The van der Waals surface area contributed by atoms with Gasteiger partial charge in [0.05, 0.1) is 17.9 Å². The molecule has 1 amide bonds. The van der Waals surface area contributed by atoms with Crippen molar-refractivity contribution in [2.45, 2.75) is 32.7 Å². The van der Waals surface area contributed by atoms with E-state index in [1.54, 1.807) is 0 Å². The molecule has 3 aliphatic rings. The predicted molar refractivity (Wildman–Crippen MR) is 124 cm³/mol. The number of ketones is 1. The molecule has 3 unspecified atom stereocenters. The van der Waals surface area contributed by atoms with Gasteiger partial charge in [0.25, 0.3) is 0 Å². The Morgan fingerprint density at radius 3 is 2.34 bits per heavy atom. The van der Waals surface area contributed by atoms with Crippen LogP contribution in [0.4, 0.5) is 0 Å². The highest BCUT2D eigenvalue weighted by Gasteiger charge is 2.47.